The monoisotopic (exact) mass is 314 g/mol. The zero-order chi connectivity index (χ0) is 17.6. The molecule has 22 heavy (non-hydrogen) atoms. The van der Waals surface area contributed by atoms with Crippen molar-refractivity contribution in [2.45, 2.75) is 68.2 Å². The second kappa shape index (κ2) is 8.54. The van der Waals surface area contributed by atoms with Gasteiger partial charge in [0.25, 0.3) is 0 Å². The van der Waals surface area contributed by atoms with E-state index < -0.39 is 5.92 Å². The van der Waals surface area contributed by atoms with E-state index in [9.17, 15) is 9.59 Å². The minimum atomic E-state index is -0.431. The van der Waals surface area contributed by atoms with Crippen molar-refractivity contribution in [3.05, 3.63) is 0 Å². The van der Waals surface area contributed by atoms with Gasteiger partial charge in [-0.2, -0.15) is 0 Å². The molecule has 4 nitrogen and oxygen atoms in total. The van der Waals surface area contributed by atoms with Gasteiger partial charge in [-0.25, -0.2) is 0 Å². The minimum Gasteiger partial charge on any atom is -0.465 e. The first-order valence-corrected chi connectivity index (χ1v) is 8.18. The Labute approximate surface area is 135 Å². The second-order valence-corrected chi connectivity index (χ2v) is 8.59. The maximum absolute atomic E-state index is 12.3. The van der Waals surface area contributed by atoms with E-state index in [0.29, 0.717) is 13.2 Å². The summed E-state index contributed by atoms with van der Waals surface area (Å²) in [5.74, 6) is -0.959. The largest absolute Gasteiger partial charge is 0.465 e. The third kappa shape index (κ3) is 9.80. The fraction of sp³-hybridized carbons (Fsp3) is 0.889. The first-order valence-electron chi connectivity index (χ1n) is 8.18. The normalized spacial score (nSPS) is 15.1. The number of carbonyl (C=O) groups excluding carboxylic acids is 2. The van der Waals surface area contributed by atoms with Gasteiger partial charge in [0, 0.05) is 0 Å². The molecular weight excluding hydrogens is 280 g/mol. The van der Waals surface area contributed by atoms with E-state index >= 15 is 0 Å². The zero-order valence-electron chi connectivity index (χ0n) is 15.6. The van der Waals surface area contributed by atoms with Crippen LogP contribution in [-0.2, 0) is 19.1 Å². The predicted molar refractivity (Wildman–Crippen MR) is 88.4 cm³/mol. The van der Waals surface area contributed by atoms with Crippen molar-refractivity contribution in [1.82, 2.24) is 0 Å². The quantitative estimate of drug-likeness (QED) is 0.660. The Balaban J connectivity index is 4.64. The van der Waals surface area contributed by atoms with Crippen LogP contribution in [0.5, 0.6) is 0 Å². The zero-order valence-corrected chi connectivity index (χ0v) is 15.6. The van der Waals surface area contributed by atoms with Gasteiger partial charge in [-0.3, -0.25) is 9.59 Å². The molecule has 0 aromatic rings. The van der Waals surface area contributed by atoms with E-state index in [4.69, 9.17) is 9.47 Å². The van der Waals surface area contributed by atoms with Crippen molar-refractivity contribution in [2.24, 2.45) is 22.7 Å². The number of hydrogen-bond donors (Lipinski definition) is 0. The molecule has 0 aliphatic rings. The van der Waals surface area contributed by atoms with Crippen LogP contribution in [0.15, 0.2) is 0 Å². The van der Waals surface area contributed by atoms with E-state index in [2.05, 4.69) is 0 Å². The van der Waals surface area contributed by atoms with Crippen LogP contribution in [0.3, 0.4) is 0 Å². The molecule has 0 aromatic heterocycles. The molecule has 2 atom stereocenters. The van der Waals surface area contributed by atoms with Crippen LogP contribution in [0, 0.1) is 22.7 Å². The van der Waals surface area contributed by atoms with Crippen LogP contribution < -0.4 is 0 Å². The highest BCUT2D eigenvalue weighted by Crippen LogP contribution is 2.24. The van der Waals surface area contributed by atoms with E-state index in [0.717, 1.165) is 6.42 Å². The molecule has 0 aliphatic carbocycles. The highest BCUT2D eigenvalue weighted by atomic mass is 16.5. The van der Waals surface area contributed by atoms with E-state index in [1.165, 1.54) is 0 Å². The van der Waals surface area contributed by atoms with Gasteiger partial charge >= 0.3 is 11.9 Å². The molecule has 0 bridgehead atoms. The fourth-order valence-corrected chi connectivity index (χ4v) is 1.73. The predicted octanol–water partition coefficient (Wildman–Crippen LogP) is 4.22. The molecule has 0 saturated heterocycles. The van der Waals surface area contributed by atoms with Gasteiger partial charge in [0.1, 0.15) is 0 Å². The molecular formula is C18H34O4. The fourth-order valence-electron chi connectivity index (χ4n) is 1.73. The molecule has 0 N–H and O–H groups in total. The summed E-state index contributed by atoms with van der Waals surface area (Å²) < 4.78 is 10.7. The second-order valence-electron chi connectivity index (χ2n) is 8.59. The van der Waals surface area contributed by atoms with Crippen molar-refractivity contribution in [1.29, 1.82) is 0 Å². The molecule has 0 saturated carbocycles. The summed E-state index contributed by atoms with van der Waals surface area (Å²) in [6, 6.07) is 0. The molecule has 4 heteroatoms. The third-order valence-corrected chi connectivity index (χ3v) is 3.33. The van der Waals surface area contributed by atoms with Gasteiger partial charge in [-0.1, -0.05) is 61.8 Å². The van der Waals surface area contributed by atoms with Gasteiger partial charge in [-0.15, -0.1) is 0 Å². The van der Waals surface area contributed by atoms with Crippen LogP contribution in [0.2, 0.25) is 0 Å². The standard InChI is InChI=1S/C18H34O4/c1-9-13(2)14(16(20)22-12-18(6,7)8)10-15(19)21-11-17(3,4)5/h13-14H,9-12H2,1-8H3. The Morgan fingerprint density at radius 3 is 1.77 bits per heavy atom. The van der Waals surface area contributed by atoms with Crippen molar-refractivity contribution in [2.75, 3.05) is 13.2 Å². The summed E-state index contributed by atoms with van der Waals surface area (Å²) in [6.07, 6.45) is 0.913. The first kappa shape index (κ1) is 20.9. The number of ether oxygens (including phenoxy) is 2. The molecule has 0 heterocycles. The summed E-state index contributed by atoms with van der Waals surface area (Å²) in [5.41, 5.74) is -0.156. The lowest BCUT2D eigenvalue weighted by atomic mass is 9.89. The topological polar surface area (TPSA) is 52.6 Å². The van der Waals surface area contributed by atoms with Crippen molar-refractivity contribution in [3.63, 3.8) is 0 Å². The molecule has 2 unspecified atom stereocenters. The van der Waals surface area contributed by atoms with Gasteiger partial charge in [-0.05, 0) is 16.7 Å². The van der Waals surface area contributed by atoms with Crippen LogP contribution in [-0.4, -0.2) is 25.2 Å². The minimum absolute atomic E-state index is 0.0751. The Bertz CT molecular complexity index is 360. The lowest BCUT2D eigenvalue weighted by Crippen LogP contribution is -2.30. The average Bonchev–Trinajstić information content (AvgIpc) is 2.37. The van der Waals surface area contributed by atoms with Crippen molar-refractivity contribution >= 4 is 11.9 Å². The molecule has 0 aromatic carbocycles. The lowest BCUT2D eigenvalue weighted by Gasteiger charge is -2.24. The van der Waals surface area contributed by atoms with Crippen molar-refractivity contribution < 1.29 is 19.1 Å². The maximum atomic E-state index is 12.3. The molecule has 0 fully saturated rings. The molecule has 0 radical (unpaired) electrons. The average molecular weight is 314 g/mol. The van der Waals surface area contributed by atoms with Crippen molar-refractivity contribution in [3.8, 4) is 0 Å². The SMILES string of the molecule is CCC(C)C(CC(=O)OCC(C)(C)C)C(=O)OCC(C)(C)C. The summed E-state index contributed by atoms with van der Waals surface area (Å²) in [7, 11) is 0. The number of hydrogen-bond acceptors (Lipinski definition) is 4. The van der Waals surface area contributed by atoms with Crippen LogP contribution in [0.4, 0.5) is 0 Å². The Hall–Kier alpha value is -1.06. The Kier molecular flexibility index (Phi) is 8.13. The lowest BCUT2D eigenvalue weighted by molar-refractivity contribution is -0.160. The molecule has 130 valence electrons. The molecule has 0 spiro atoms. The van der Waals surface area contributed by atoms with Crippen LogP contribution >= 0.6 is 0 Å². The number of rotatable bonds is 7. The third-order valence-electron chi connectivity index (χ3n) is 3.33. The van der Waals surface area contributed by atoms with E-state index in [1.807, 2.05) is 55.4 Å². The van der Waals surface area contributed by atoms with Crippen LogP contribution in [0.25, 0.3) is 0 Å². The van der Waals surface area contributed by atoms with Gasteiger partial charge in [0.15, 0.2) is 0 Å². The van der Waals surface area contributed by atoms with Gasteiger partial charge in [0.05, 0.1) is 25.6 Å². The van der Waals surface area contributed by atoms with E-state index in [-0.39, 0.29) is 35.1 Å². The summed E-state index contributed by atoms with van der Waals surface area (Å²) in [5, 5.41) is 0. The van der Waals surface area contributed by atoms with Crippen LogP contribution in [0.1, 0.15) is 68.2 Å². The number of esters is 2. The Morgan fingerprint density at radius 1 is 0.909 bits per heavy atom. The highest BCUT2D eigenvalue weighted by Gasteiger charge is 2.30. The van der Waals surface area contributed by atoms with E-state index in [1.54, 1.807) is 0 Å². The molecule has 0 rings (SSSR count). The summed E-state index contributed by atoms with van der Waals surface area (Å²) >= 11 is 0. The van der Waals surface area contributed by atoms with Gasteiger partial charge in [0.2, 0.25) is 0 Å². The molecule has 0 amide bonds. The van der Waals surface area contributed by atoms with Gasteiger partial charge < -0.3 is 9.47 Å². The first-order chi connectivity index (χ1) is 9.85. The maximum Gasteiger partial charge on any atom is 0.309 e. The summed E-state index contributed by atoms with van der Waals surface area (Å²) in [4.78, 5) is 24.3. The summed E-state index contributed by atoms with van der Waals surface area (Å²) in [6.45, 7) is 16.7. The molecule has 0 aliphatic heterocycles. The Morgan fingerprint density at radius 2 is 1.36 bits per heavy atom. The highest BCUT2D eigenvalue weighted by molar-refractivity contribution is 5.80. The smallest absolute Gasteiger partial charge is 0.309 e. The number of carbonyl (C=O) groups is 2.